The van der Waals surface area contributed by atoms with Crippen LogP contribution in [0.1, 0.15) is 66.9 Å². The summed E-state index contributed by atoms with van der Waals surface area (Å²) in [5.41, 5.74) is 5.07. The molecule has 0 atom stereocenters. The van der Waals surface area contributed by atoms with Crippen molar-refractivity contribution in [1.82, 2.24) is 5.32 Å². The predicted octanol–water partition coefficient (Wildman–Crippen LogP) is 6.71. The minimum atomic E-state index is -0.0690. The molecule has 0 saturated heterocycles. The van der Waals surface area contributed by atoms with Gasteiger partial charge in [-0.1, -0.05) is 39.8 Å². The van der Waals surface area contributed by atoms with Gasteiger partial charge in [0.05, 0.1) is 19.1 Å². The van der Waals surface area contributed by atoms with Crippen LogP contribution in [0.5, 0.6) is 11.5 Å². The van der Waals surface area contributed by atoms with Crippen molar-refractivity contribution in [3.63, 3.8) is 0 Å². The van der Waals surface area contributed by atoms with Crippen molar-refractivity contribution in [3.05, 3.63) is 70.1 Å². The number of hydrogen-bond donors (Lipinski definition) is 1. The summed E-state index contributed by atoms with van der Waals surface area (Å²) in [6.45, 7) is 9.75. The normalized spacial score (nSPS) is 16.1. The van der Waals surface area contributed by atoms with Crippen LogP contribution in [0.2, 0.25) is 0 Å². The number of benzene rings is 2. The summed E-state index contributed by atoms with van der Waals surface area (Å²) in [7, 11) is 3.37. The monoisotopic (exact) mass is 463 g/mol. The van der Waals surface area contributed by atoms with Crippen molar-refractivity contribution in [2.24, 2.45) is 0 Å². The second kappa shape index (κ2) is 8.86. The van der Waals surface area contributed by atoms with E-state index in [0.29, 0.717) is 11.4 Å². The van der Waals surface area contributed by atoms with Crippen molar-refractivity contribution in [2.45, 2.75) is 57.9 Å². The summed E-state index contributed by atoms with van der Waals surface area (Å²) >= 11 is 1.50. The second-order valence-electron chi connectivity index (χ2n) is 10.1. The Labute approximate surface area is 200 Å². The zero-order valence-corrected chi connectivity index (χ0v) is 21.2. The molecule has 1 heterocycles. The molecule has 0 aliphatic heterocycles. The van der Waals surface area contributed by atoms with E-state index in [9.17, 15) is 4.79 Å². The van der Waals surface area contributed by atoms with Crippen molar-refractivity contribution >= 4 is 17.2 Å². The topological polar surface area (TPSA) is 47.6 Å². The first-order chi connectivity index (χ1) is 15.6. The quantitative estimate of drug-likeness (QED) is 0.442. The van der Waals surface area contributed by atoms with Gasteiger partial charge in [-0.05, 0) is 76.8 Å². The van der Waals surface area contributed by atoms with Crippen molar-refractivity contribution in [3.8, 4) is 21.9 Å². The number of ether oxygens (including phenoxy) is 2. The molecule has 0 spiro atoms. The molecule has 1 aliphatic carbocycles. The van der Waals surface area contributed by atoms with Crippen LogP contribution >= 0.6 is 11.3 Å². The van der Waals surface area contributed by atoms with Gasteiger partial charge in [0.1, 0.15) is 11.5 Å². The highest BCUT2D eigenvalue weighted by atomic mass is 32.1. The number of thiophene rings is 1. The van der Waals surface area contributed by atoms with E-state index >= 15 is 0 Å². The smallest absolute Gasteiger partial charge is 0.261 e. The lowest BCUT2D eigenvalue weighted by Crippen LogP contribution is -2.33. The van der Waals surface area contributed by atoms with Gasteiger partial charge in [0.15, 0.2) is 0 Å². The standard InChI is InChI=1S/C28H33NO3S/c1-27(2)13-14-28(3,4)22-16-23(32-6)20(15-21(22)27)24-11-12-25(33-24)26(30)29-17-18-7-9-19(31-5)10-8-18/h7-12,15-16H,13-14,17H2,1-6H3,(H,29,30). The third-order valence-electron chi connectivity index (χ3n) is 6.88. The van der Waals surface area contributed by atoms with E-state index < -0.39 is 0 Å². The fourth-order valence-corrected chi connectivity index (χ4v) is 5.52. The molecule has 5 heteroatoms. The van der Waals surface area contributed by atoms with E-state index in [1.54, 1.807) is 14.2 Å². The number of nitrogens with one attached hydrogen (secondary N) is 1. The van der Waals surface area contributed by atoms with Gasteiger partial charge in [0.25, 0.3) is 5.91 Å². The number of carbonyl (C=O) groups excluding carboxylic acids is 1. The molecule has 174 valence electrons. The number of rotatable bonds is 6. The molecule has 0 radical (unpaired) electrons. The van der Waals surface area contributed by atoms with E-state index in [2.05, 4.69) is 45.1 Å². The van der Waals surface area contributed by atoms with Crippen LogP contribution in [-0.4, -0.2) is 20.1 Å². The third kappa shape index (κ3) is 4.65. The molecule has 4 rings (SSSR count). The number of amides is 1. The van der Waals surface area contributed by atoms with Gasteiger partial charge in [0, 0.05) is 17.0 Å². The van der Waals surface area contributed by atoms with Gasteiger partial charge in [-0.15, -0.1) is 11.3 Å². The Morgan fingerprint density at radius 1 is 0.909 bits per heavy atom. The molecule has 4 nitrogen and oxygen atoms in total. The number of methoxy groups -OCH3 is 2. The molecule has 0 bridgehead atoms. The molecule has 1 amide bonds. The largest absolute Gasteiger partial charge is 0.497 e. The predicted molar refractivity (Wildman–Crippen MR) is 136 cm³/mol. The minimum absolute atomic E-state index is 0.0690. The SMILES string of the molecule is COc1ccc(CNC(=O)c2ccc(-c3cc4c(cc3OC)C(C)(C)CCC4(C)C)s2)cc1. The molecule has 1 N–H and O–H groups in total. The van der Waals surface area contributed by atoms with Gasteiger partial charge >= 0.3 is 0 Å². The summed E-state index contributed by atoms with van der Waals surface area (Å²) in [6, 6.07) is 16.1. The minimum Gasteiger partial charge on any atom is -0.497 e. The fraction of sp³-hybridized carbons (Fsp3) is 0.393. The van der Waals surface area contributed by atoms with Crippen molar-refractivity contribution in [1.29, 1.82) is 0 Å². The van der Waals surface area contributed by atoms with Gasteiger partial charge in [-0.25, -0.2) is 0 Å². The van der Waals surface area contributed by atoms with Crippen molar-refractivity contribution in [2.75, 3.05) is 14.2 Å². The van der Waals surface area contributed by atoms with E-state index in [1.807, 2.05) is 36.4 Å². The molecule has 1 aliphatic rings. The first-order valence-corrected chi connectivity index (χ1v) is 12.2. The highest BCUT2D eigenvalue weighted by Gasteiger charge is 2.38. The zero-order valence-electron chi connectivity index (χ0n) is 20.4. The lowest BCUT2D eigenvalue weighted by molar-refractivity contribution is 0.0955. The van der Waals surface area contributed by atoms with Gasteiger partial charge in [0.2, 0.25) is 0 Å². The van der Waals surface area contributed by atoms with Crippen LogP contribution in [0.4, 0.5) is 0 Å². The third-order valence-corrected chi connectivity index (χ3v) is 8.00. The number of hydrogen-bond acceptors (Lipinski definition) is 4. The summed E-state index contributed by atoms with van der Waals surface area (Å²) in [6.07, 6.45) is 2.31. The van der Waals surface area contributed by atoms with Crippen molar-refractivity contribution < 1.29 is 14.3 Å². The Morgan fingerprint density at radius 2 is 1.55 bits per heavy atom. The molecule has 33 heavy (non-hydrogen) atoms. The highest BCUT2D eigenvalue weighted by molar-refractivity contribution is 7.17. The van der Waals surface area contributed by atoms with Crippen LogP contribution < -0.4 is 14.8 Å². The molecule has 3 aromatic rings. The maximum Gasteiger partial charge on any atom is 0.261 e. The van der Waals surface area contributed by atoms with Gasteiger partial charge < -0.3 is 14.8 Å². The summed E-state index contributed by atoms with van der Waals surface area (Å²) < 4.78 is 11.0. The maximum atomic E-state index is 12.8. The van der Waals surface area contributed by atoms with Crippen LogP contribution in [0.15, 0.2) is 48.5 Å². The first kappa shape index (κ1) is 23.4. The molecule has 0 unspecified atom stereocenters. The Balaban J connectivity index is 1.59. The van der Waals surface area contributed by atoms with E-state index in [0.717, 1.165) is 40.3 Å². The molecule has 1 aromatic heterocycles. The zero-order chi connectivity index (χ0) is 23.8. The van der Waals surface area contributed by atoms with Crippen LogP contribution in [0.3, 0.4) is 0 Å². The molecule has 0 saturated carbocycles. The summed E-state index contributed by atoms with van der Waals surface area (Å²) in [5, 5.41) is 3.02. The number of fused-ring (bicyclic) bond motifs is 1. The lowest BCUT2D eigenvalue weighted by Gasteiger charge is -2.42. The molecular formula is C28H33NO3S. The Bertz CT molecular complexity index is 1160. The molecular weight excluding hydrogens is 430 g/mol. The summed E-state index contributed by atoms with van der Waals surface area (Å²) in [5.74, 6) is 1.60. The van der Waals surface area contributed by atoms with E-state index in [4.69, 9.17) is 9.47 Å². The van der Waals surface area contributed by atoms with Crippen LogP contribution in [-0.2, 0) is 17.4 Å². The van der Waals surface area contributed by atoms with E-state index in [1.165, 1.54) is 22.5 Å². The second-order valence-corrected chi connectivity index (χ2v) is 11.1. The summed E-state index contributed by atoms with van der Waals surface area (Å²) in [4.78, 5) is 14.5. The van der Waals surface area contributed by atoms with Crippen LogP contribution in [0.25, 0.3) is 10.4 Å². The molecule has 0 fully saturated rings. The molecule has 2 aromatic carbocycles. The van der Waals surface area contributed by atoms with Crippen LogP contribution in [0, 0.1) is 0 Å². The lowest BCUT2D eigenvalue weighted by atomic mass is 9.63. The maximum absolute atomic E-state index is 12.8. The van der Waals surface area contributed by atoms with Gasteiger partial charge in [-0.2, -0.15) is 0 Å². The Morgan fingerprint density at radius 3 is 2.15 bits per heavy atom. The van der Waals surface area contributed by atoms with E-state index in [-0.39, 0.29) is 16.7 Å². The Kier molecular flexibility index (Phi) is 6.28. The average molecular weight is 464 g/mol. The first-order valence-electron chi connectivity index (χ1n) is 11.4. The highest BCUT2D eigenvalue weighted by Crippen LogP contribution is 2.49. The average Bonchev–Trinajstić information content (AvgIpc) is 3.30. The fourth-order valence-electron chi connectivity index (χ4n) is 4.57. The number of carbonyl (C=O) groups is 1. The Hall–Kier alpha value is -2.79. The van der Waals surface area contributed by atoms with Gasteiger partial charge in [-0.3, -0.25) is 4.79 Å².